The minimum Gasteiger partial charge on any atom is -0.497 e. The van der Waals surface area contributed by atoms with E-state index in [2.05, 4.69) is 15.6 Å². The Morgan fingerprint density at radius 2 is 1.71 bits per heavy atom. The Kier molecular flexibility index (Phi) is 7.69. The first-order valence-corrected chi connectivity index (χ1v) is 11.5. The molecule has 1 heterocycles. The number of hydrogen-bond donors (Lipinski definition) is 2. The molecule has 0 fully saturated rings. The molecule has 8 nitrogen and oxygen atoms in total. The van der Waals surface area contributed by atoms with Crippen LogP contribution < -0.4 is 20.1 Å². The summed E-state index contributed by atoms with van der Waals surface area (Å²) in [6.45, 7) is -0.161. The second kappa shape index (κ2) is 11.3. The molecular weight excluding hydrogens is 464 g/mol. The lowest BCUT2D eigenvalue weighted by atomic mass is 10.2. The number of methoxy groups -OCH3 is 1. The molecule has 35 heavy (non-hydrogen) atoms. The van der Waals surface area contributed by atoms with Gasteiger partial charge in [0.05, 0.1) is 7.11 Å². The standard InChI is InChI=1S/C26H24N4O4S/c1-30-15-14-27-26(30)35-23-12-8-19(9-13-23)29-25(32)18-6-10-21(11-7-18)34-17-24(31)28-20-4-3-5-22(16-20)33-2/h3-16H,17H2,1-2H3,(H,28,31)(H,29,32). The van der Waals surface area contributed by atoms with Gasteiger partial charge in [-0.15, -0.1) is 0 Å². The Morgan fingerprint density at radius 1 is 0.943 bits per heavy atom. The highest BCUT2D eigenvalue weighted by Crippen LogP contribution is 2.27. The van der Waals surface area contributed by atoms with E-state index in [-0.39, 0.29) is 18.4 Å². The summed E-state index contributed by atoms with van der Waals surface area (Å²) in [7, 11) is 3.51. The third-order valence-electron chi connectivity index (χ3n) is 4.94. The molecule has 0 saturated heterocycles. The van der Waals surface area contributed by atoms with Gasteiger partial charge in [-0.3, -0.25) is 9.59 Å². The van der Waals surface area contributed by atoms with Gasteiger partial charge in [-0.2, -0.15) is 0 Å². The summed E-state index contributed by atoms with van der Waals surface area (Å²) >= 11 is 1.55. The number of benzene rings is 3. The molecule has 0 atom stereocenters. The molecule has 0 unspecified atom stereocenters. The predicted molar refractivity (Wildman–Crippen MR) is 135 cm³/mol. The molecule has 0 aliphatic carbocycles. The number of carbonyl (C=O) groups excluding carboxylic acids is 2. The number of rotatable bonds is 9. The zero-order valence-corrected chi connectivity index (χ0v) is 20.0. The van der Waals surface area contributed by atoms with Gasteiger partial charge in [-0.25, -0.2) is 4.98 Å². The van der Waals surface area contributed by atoms with Crippen LogP contribution in [-0.4, -0.2) is 35.1 Å². The van der Waals surface area contributed by atoms with Crippen molar-refractivity contribution in [3.63, 3.8) is 0 Å². The van der Waals surface area contributed by atoms with Gasteiger partial charge in [-0.1, -0.05) is 17.8 Å². The molecule has 1 aromatic heterocycles. The maximum Gasteiger partial charge on any atom is 0.262 e. The molecule has 0 radical (unpaired) electrons. The molecule has 2 N–H and O–H groups in total. The summed E-state index contributed by atoms with van der Waals surface area (Å²) in [5, 5.41) is 6.52. The van der Waals surface area contributed by atoms with E-state index in [0.717, 1.165) is 10.1 Å². The van der Waals surface area contributed by atoms with Crippen molar-refractivity contribution in [2.45, 2.75) is 10.1 Å². The smallest absolute Gasteiger partial charge is 0.262 e. The third-order valence-corrected chi connectivity index (χ3v) is 6.02. The fourth-order valence-corrected chi connectivity index (χ4v) is 3.92. The van der Waals surface area contributed by atoms with Crippen LogP contribution in [0.1, 0.15) is 10.4 Å². The second-order valence-corrected chi connectivity index (χ2v) is 8.54. The number of amides is 2. The first kappa shape index (κ1) is 23.9. The Hall–Kier alpha value is -4.24. The minimum absolute atomic E-state index is 0.161. The van der Waals surface area contributed by atoms with Crippen molar-refractivity contribution in [1.29, 1.82) is 0 Å². The van der Waals surface area contributed by atoms with Crippen LogP contribution in [0.2, 0.25) is 0 Å². The van der Waals surface area contributed by atoms with Crippen molar-refractivity contribution in [3.8, 4) is 11.5 Å². The second-order valence-electron chi connectivity index (χ2n) is 7.49. The summed E-state index contributed by atoms with van der Waals surface area (Å²) in [5.41, 5.74) is 1.78. The van der Waals surface area contributed by atoms with Crippen LogP contribution in [0.4, 0.5) is 11.4 Å². The Balaban J connectivity index is 1.26. The maximum atomic E-state index is 12.6. The molecule has 3 aromatic carbocycles. The van der Waals surface area contributed by atoms with Gasteiger partial charge in [0.1, 0.15) is 11.5 Å². The van der Waals surface area contributed by atoms with Crippen molar-refractivity contribution in [1.82, 2.24) is 9.55 Å². The average molecular weight is 489 g/mol. The van der Waals surface area contributed by atoms with Crippen LogP contribution in [0.5, 0.6) is 11.5 Å². The van der Waals surface area contributed by atoms with Crippen molar-refractivity contribution in [2.75, 3.05) is 24.4 Å². The van der Waals surface area contributed by atoms with E-state index in [1.165, 1.54) is 0 Å². The predicted octanol–water partition coefficient (Wildman–Crippen LogP) is 4.85. The van der Waals surface area contributed by atoms with Crippen LogP contribution in [0.25, 0.3) is 0 Å². The van der Waals surface area contributed by atoms with E-state index < -0.39 is 0 Å². The van der Waals surface area contributed by atoms with E-state index in [9.17, 15) is 9.59 Å². The Bertz CT molecular complexity index is 1300. The minimum atomic E-state index is -0.301. The molecule has 2 amide bonds. The van der Waals surface area contributed by atoms with E-state index in [4.69, 9.17) is 9.47 Å². The van der Waals surface area contributed by atoms with Gasteiger partial charge < -0.3 is 24.7 Å². The molecule has 4 aromatic rings. The molecule has 9 heteroatoms. The normalized spacial score (nSPS) is 10.5. The highest BCUT2D eigenvalue weighted by atomic mass is 32.2. The summed E-state index contributed by atoms with van der Waals surface area (Å²) in [6, 6.07) is 21.2. The zero-order valence-electron chi connectivity index (χ0n) is 19.2. The Labute approximate surface area is 207 Å². The highest BCUT2D eigenvalue weighted by Gasteiger charge is 2.09. The van der Waals surface area contributed by atoms with Gasteiger partial charge in [0.25, 0.3) is 11.8 Å². The zero-order chi connectivity index (χ0) is 24.6. The SMILES string of the molecule is COc1cccc(NC(=O)COc2ccc(C(=O)Nc3ccc(Sc4nccn4C)cc3)cc2)c1. The van der Waals surface area contributed by atoms with Gasteiger partial charge in [-0.05, 0) is 60.7 Å². The number of nitrogens with zero attached hydrogens (tertiary/aromatic N) is 2. The van der Waals surface area contributed by atoms with Crippen molar-refractivity contribution >= 4 is 35.0 Å². The Morgan fingerprint density at radius 3 is 2.40 bits per heavy atom. The molecule has 178 valence electrons. The topological polar surface area (TPSA) is 94.5 Å². The van der Waals surface area contributed by atoms with E-state index in [0.29, 0.717) is 28.4 Å². The van der Waals surface area contributed by atoms with Gasteiger partial charge in [0.15, 0.2) is 11.8 Å². The molecule has 0 bridgehead atoms. The fraction of sp³-hybridized carbons (Fsp3) is 0.115. The monoisotopic (exact) mass is 488 g/mol. The number of aromatic nitrogens is 2. The number of anilines is 2. The van der Waals surface area contributed by atoms with Gasteiger partial charge in [0, 0.05) is 47.3 Å². The van der Waals surface area contributed by atoms with Crippen LogP contribution in [-0.2, 0) is 11.8 Å². The molecule has 0 aliphatic rings. The largest absolute Gasteiger partial charge is 0.497 e. The third kappa shape index (κ3) is 6.64. The van der Waals surface area contributed by atoms with Crippen molar-refractivity contribution in [2.24, 2.45) is 7.05 Å². The van der Waals surface area contributed by atoms with E-state index >= 15 is 0 Å². The number of carbonyl (C=O) groups is 2. The number of nitrogens with one attached hydrogen (secondary N) is 2. The first-order valence-electron chi connectivity index (χ1n) is 10.7. The molecule has 0 saturated carbocycles. The number of aryl methyl sites for hydroxylation is 1. The number of imidazole rings is 1. The number of ether oxygens (including phenoxy) is 2. The van der Waals surface area contributed by atoms with E-state index in [1.807, 2.05) is 42.1 Å². The van der Waals surface area contributed by atoms with Crippen LogP contribution >= 0.6 is 11.8 Å². The van der Waals surface area contributed by atoms with Crippen LogP contribution in [0, 0.1) is 0 Å². The molecule has 0 spiro atoms. The lowest BCUT2D eigenvalue weighted by Gasteiger charge is -2.10. The summed E-state index contributed by atoms with van der Waals surface area (Å²) in [5.74, 6) is 0.594. The lowest BCUT2D eigenvalue weighted by molar-refractivity contribution is -0.118. The van der Waals surface area contributed by atoms with Crippen molar-refractivity contribution < 1.29 is 19.1 Å². The fourth-order valence-electron chi connectivity index (χ4n) is 3.11. The average Bonchev–Trinajstić information content (AvgIpc) is 3.28. The molecule has 4 rings (SSSR count). The van der Waals surface area contributed by atoms with Gasteiger partial charge >= 0.3 is 0 Å². The lowest BCUT2D eigenvalue weighted by Crippen LogP contribution is -2.20. The molecule has 0 aliphatic heterocycles. The highest BCUT2D eigenvalue weighted by molar-refractivity contribution is 7.99. The quantitative estimate of drug-likeness (QED) is 0.350. The van der Waals surface area contributed by atoms with Crippen LogP contribution in [0.3, 0.4) is 0 Å². The summed E-state index contributed by atoms with van der Waals surface area (Å²) in [4.78, 5) is 30.1. The summed E-state index contributed by atoms with van der Waals surface area (Å²) in [6.07, 6.45) is 3.65. The number of hydrogen-bond acceptors (Lipinski definition) is 6. The van der Waals surface area contributed by atoms with Crippen molar-refractivity contribution in [3.05, 3.63) is 90.8 Å². The van der Waals surface area contributed by atoms with Gasteiger partial charge in [0.2, 0.25) is 0 Å². The maximum absolute atomic E-state index is 12.6. The first-order chi connectivity index (χ1) is 17.0. The summed E-state index contributed by atoms with van der Waals surface area (Å²) < 4.78 is 12.6. The van der Waals surface area contributed by atoms with Crippen LogP contribution in [0.15, 0.2) is 95.2 Å². The molecular formula is C26H24N4O4S. The van der Waals surface area contributed by atoms with E-state index in [1.54, 1.807) is 73.6 Å².